The lowest BCUT2D eigenvalue weighted by molar-refractivity contribution is -0.168. The van der Waals surface area contributed by atoms with Gasteiger partial charge in [0.05, 0.1) is 12.1 Å². The lowest BCUT2D eigenvalue weighted by Gasteiger charge is -2.52. The Balaban J connectivity index is 1.84. The maximum atomic E-state index is 12.2. The highest BCUT2D eigenvalue weighted by Gasteiger charge is 2.47. The van der Waals surface area contributed by atoms with Crippen LogP contribution in [-0.4, -0.2) is 48.7 Å². The van der Waals surface area contributed by atoms with E-state index < -0.39 is 0 Å². The van der Waals surface area contributed by atoms with Crippen LogP contribution in [0.15, 0.2) is 0 Å². The van der Waals surface area contributed by atoms with E-state index in [4.69, 9.17) is 4.74 Å². The van der Waals surface area contributed by atoms with Crippen molar-refractivity contribution in [1.29, 1.82) is 0 Å². The largest absolute Gasteiger partial charge is 0.369 e. The Morgan fingerprint density at radius 3 is 2.88 bits per heavy atom. The van der Waals surface area contributed by atoms with Crippen LogP contribution in [0.1, 0.15) is 38.5 Å². The van der Waals surface area contributed by atoms with Gasteiger partial charge in [-0.25, -0.2) is 0 Å². The third-order valence-electron chi connectivity index (χ3n) is 4.58. The molecule has 1 amide bonds. The molecular weight excluding hydrogens is 216 g/mol. The highest BCUT2D eigenvalue weighted by Crippen LogP contribution is 2.38. The van der Waals surface area contributed by atoms with Crippen molar-refractivity contribution in [3.8, 4) is 0 Å². The van der Waals surface area contributed by atoms with E-state index in [0.717, 1.165) is 39.0 Å². The van der Waals surface area contributed by atoms with Crippen molar-refractivity contribution in [1.82, 2.24) is 10.2 Å². The zero-order valence-corrected chi connectivity index (χ0v) is 10.4. The van der Waals surface area contributed by atoms with E-state index in [1.54, 1.807) is 0 Å². The van der Waals surface area contributed by atoms with Crippen LogP contribution in [0.4, 0.5) is 0 Å². The van der Waals surface area contributed by atoms with Gasteiger partial charge >= 0.3 is 0 Å². The maximum Gasteiger partial charge on any atom is 0.249 e. The standard InChI is InChI=1S/C13H22N2O2/c16-12-9-17-10-13(5-2-7-14-8-6-13)15(12)11-3-1-4-11/h11,14H,1-10H2. The SMILES string of the molecule is O=C1COCC2(CCCNCC2)N1C1CCC1. The number of morpholine rings is 1. The van der Waals surface area contributed by atoms with Crippen molar-refractivity contribution in [2.45, 2.75) is 50.1 Å². The first kappa shape index (κ1) is 11.5. The molecule has 17 heavy (non-hydrogen) atoms. The molecule has 1 N–H and O–H groups in total. The van der Waals surface area contributed by atoms with E-state index in [0.29, 0.717) is 12.6 Å². The molecule has 96 valence electrons. The minimum atomic E-state index is 0.00389. The monoisotopic (exact) mass is 238 g/mol. The van der Waals surface area contributed by atoms with Gasteiger partial charge in [-0.1, -0.05) is 0 Å². The minimum Gasteiger partial charge on any atom is -0.369 e. The maximum absolute atomic E-state index is 12.2. The van der Waals surface area contributed by atoms with Gasteiger partial charge in [-0.05, 0) is 51.6 Å². The average Bonchev–Trinajstić information content (AvgIpc) is 2.48. The zero-order valence-electron chi connectivity index (χ0n) is 10.4. The van der Waals surface area contributed by atoms with Crippen LogP contribution in [0, 0.1) is 0 Å². The normalized spacial score (nSPS) is 35.8. The summed E-state index contributed by atoms with van der Waals surface area (Å²) in [6, 6.07) is 0.504. The molecule has 1 spiro atoms. The fraction of sp³-hybridized carbons (Fsp3) is 0.923. The summed E-state index contributed by atoms with van der Waals surface area (Å²) in [4.78, 5) is 14.4. The van der Waals surface area contributed by atoms with Crippen LogP contribution in [0.3, 0.4) is 0 Å². The van der Waals surface area contributed by atoms with E-state index in [1.165, 1.54) is 19.3 Å². The van der Waals surface area contributed by atoms with E-state index in [9.17, 15) is 4.79 Å². The molecule has 1 unspecified atom stereocenters. The Morgan fingerprint density at radius 2 is 2.12 bits per heavy atom. The van der Waals surface area contributed by atoms with Gasteiger partial charge in [0.2, 0.25) is 5.91 Å². The molecule has 2 aliphatic heterocycles. The lowest BCUT2D eigenvalue weighted by atomic mass is 9.81. The number of carbonyl (C=O) groups is 1. The zero-order chi connectivity index (χ0) is 11.7. The molecular formula is C13H22N2O2. The molecule has 0 aromatic heterocycles. The van der Waals surface area contributed by atoms with Crippen LogP contribution >= 0.6 is 0 Å². The average molecular weight is 238 g/mol. The van der Waals surface area contributed by atoms with E-state index >= 15 is 0 Å². The predicted molar refractivity (Wildman–Crippen MR) is 64.8 cm³/mol. The third kappa shape index (κ3) is 1.97. The van der Waals surface area contributed by atoms with Gasteiger partial charge in [0.25, 0.3) is 0 Å². The molecule has 1 atom stereocenters. The van der Waals surface area contributed by atoms with Crippen molar-refractivity contribution in [2.24, 2.45) is 0 Å². The number of hydrogen-bond donors (Lipinski definition) is 1. The highest BCUT2D eigenvalue weighted by atomic mass is 16.5. The molecule has 4 nitrogen and oxygen atoms in total. The summed E-state index contributed by atoms with van der Waals surface area (Å²) in [5, 5.41) is 3.44. The number of rotatable bonds is 1. The number of carbonyl (C=O) groups excluding carboxylic acids is 1. The van der Waals surface area contributed by atoms with Gasteiger partial charge in [0, 0.05) is 6.04 Å². The number of nitrogens with one attached hydrogen (secondary N) is 1. The molecule has 0 aromatic carbocycles. The Morgan fingerprint density at radius 1 is 1.24 bits per heavy atom. The van der Waals surface area contributed by atoms with Crippen LogP contribution in [0.25, 0.3) is 0 Å². The van der Waals surface area contributed by atoms with E-state index in [2.05, 4.69) is 10.2 Å². The molecule has 1 saturated carbocycles. The summed E-state index contributed by atoms with van der Waals surface area (Å²) in [5.41, 5.74) is 0.00389. The molecule has 3 rings (SSSR count). The van der Waals surface area contributed by atoms with Gasteiger partial charge in [0.15, 0.2) is 0 Å². The smallest absolute Gasteiger partial charge is 0.249 e. The summed E-state index contributed by atoms with van der Waals surface area (Å²) in [6.45, 7) is 3.14. The molecule has 2 saturated heterocycles. The molecule has 4 heteroatoms. The molecule has 3 fully saturated rings. The van der Waals surface area contributed by atoms with E-state index in [-0.39, 0.29) is 11.4 Å². The fourth-order valence-corrected chi connectivity index (χ4v) is 3.47. The molecule has 0 aromatic rings. The Bertz CT molecular complexity index is 294. The lowest BCUT2D eigenvalue weighted by Crippen LogP contribution is -2.64. The Labute approximate surface area is 103 Å². The van der Waals surface area contributed by atoms with Crippen LogP contribution in [0.5, 0.6) is 0 Å². The highest BCUT2D eigenvalue weighted by molar-refractivity contribution is 5.79. The molecule has 1 aliphatic carbocycles. The summed E-state index contributed by atoms with van der Waals surface area (Å²) >= 11 is 0. The second-order valence-corrected chi connectivity index (χ2v) is 5.67. The van der Waals surface area contributed by atoms with Crippen molar-refractivity contribution < 1.29 is 9.53 Å². The molecule has 2 heterocycles. The second-order valence-electron chi connectivity index (χ2n) is 5.67. The van der Waals surface area contributed by atoms with Crippen LogP contribution in [0.2, 0.25) is 0 Å². The summed E-state index contributed by atoms with van der Waals surface area (Å²) in [5.74, 6) is 0.225. The Kier molecular flexibility index (Phi) is 3.09. The number of ether oxygens (including phenoxy) is 1. The van der Waals surface area contributed by atoms with Crippen molar-refractivity contribution in [3.63, 3.8) is 0 Å². The molecule has 3 aliphatic rings. The van der Waals surface area contributed by atoms with Gasteiger partial charge < -0.3 is 15.0 Å². The van der Waals surface area contributed by atoms with Crippen LogP contribution in [-0.2, 0) is 9.53 Å². The summed E-state index contributed by atoms with van der Waals surface area (Å²) in [7, 11) is 0. The first-order chi connectivity index (χ1) is 8.32. The summed E-state index contributed by atoms with van der Waals surface area (Å²) < 4.78 is 5.56. The van der Waals surface area contributed by atoms with Gasteiger partial charge in [-0.2, -0.15) is 0 Å². The fourth-order valence-electron chi connectivity index (χ4n) is 3.47. The van der Waals surface area contributed by atoms with Crippen LogP contribution < -0.4 is 5.32 Å². The third-order valence-corrected chi connectivity index (χ3v) is 4.58. The van der Waals surface area contributed by atoms with Crippen molar-refractivity contribution in [3.05, 3.63) is 0 Å². The quantitative estimate of drug-likeness (QED) is 0.738. The first-order valence-corrected chi connectivity index (χ1v) is 6.92. The summed E-state index contributed by atoms with van der Waals surface area (Å²) in [6.07, 6.45) is 6.98. The van der Waals surface area contributed by atoms with Crippen molar-refractivity contribution >= 4 is 5.91 Å². The van der Waals surface area contributed by atoms with Crippen molar-refractivity contribution in [2.75, 3.05) is 26.3 Å². The number of hydrogen-bond acceptors (Lipinski definition) is 3. The topological polar surface area (TPSA) is 41.6 Å². The molecule has 0 bridgehead atoms. The second kappa shape index (κ2) is 4.58. The number of amides is 1. The van der Waals surface area contributed by atoms with E-state index in [1.807, 2.05) is 0 Å². The van der Waals surface area contributed by atoms with Gasteiger partial charge in [-0.15, -0.1) is 0 Å². The predicted octanol–water partition coefficient (Wildman–Crippen LogP) is 0.910. The first-order valence-electron chi connectivity index (χ1n) is 6.92. The number of nitrogens with zero attached hydrogens (tertiary/aromatic N) is 1. The molecule has 0 radical (unpaired) electrons. The Hall–Kier alpha value is -0.610. The van der Waals surface area contributed by atoms with Gasteiger partial charge in [0.1, 0.15) is 6.61 Å². The van der Waals surface area contributed by atoms with Gasteiger partial charge in [-0.3, -0.25) is 4.79 Å². The minimum absolute atomic E-state index is 0.00389.